The van der Waals surface area contributed by atoms with Gasteiger partial charge in [0.15, 0.2) is 0 Å². The number of hydrogen-bond acceptors (Lipinski definition) is 16. The van der Waals surface area contributed by atoms with Gasteiger partial charge in [0.05, 0.1) is 23.0 Å². The van der Waals surface area contributed by atoms with Gasteiger partial charge in [-0.25, -0.2) is 28.0 Å². The summed E-state index contributed by atoms with van der Waals surface area (Å²) < 4.78 is 46.6. The molecule has 2 atom stereocenters. The molecule has 61 heavy (non-hydrogen) atoms. The molecular formula is C40H55ClF2N8O10. The van der Waals surface area contributed by atoms with Crippen molar-refractivity contribution in [1.82, 2.24) is 29.6 Å². The van der Waals surface area contributed by atoms with Crippen molar-refractivity contribution in [2.24, 2.45) is 5.73 Å². The lowest BCUT2D eigenvalue weighted by molar-refractivity contribution is 0.00963. The fraction of sp³-hybridized carbons (Fsp3) is 0.550. The Kier molecular flexibility index (Phi) is 17.3. The number of hydrogen-bond donors (Lipinski definition) is 4. The third-order valence-electron chi connectivity index (χ3n) is 8.91. The van der Waals surface area contributed by atoms with E-state index in [1.165, 1.54) is 30.3 Å². The first-order valence-electron chi connectivity index (χ1n) is 19.7. The van der Waals surface area contributed by atoms with Crippen LogP contribution in [0, 0.1) is 11.6 Å². The van der Waals surface area contributed by atoms with Crippen molar-refractivity contribution in [2.45, 2.75) is 65.0 Å². The SMILES string of the molecule is CC(C)(C)OC(=O)N1CCN(CC(O)CN)CC1.CC(C)(C)OC(=O)N1CCN(CC(O)CNc2nc(=O)oc3ccc(F)cc23)CC1.O=c1nc(Cl)c2cc(F)ccc2o1. The summed E-state index contributed by atoms with van der Waals surface area (Å²) in [5, 5.41) is 23.3. The molecule has 2 amide bonds. The van der Waals surface area contributed by atoms with Gasteiger partial charge >= 0.3 is 23.7 Å². The number of aromatic nitrogens is 2. The molecule has 6 rings (SSSR count). The summed E-state index contributed by atoms with van der Waals surface area (Å²) in [4.78, 5) is 60.8. The average Bonchev–Trinajstić information content (AvgIpc) is 3.17. The minimum absolute atomic E-state index is 0.0502. The number of aliphatic hydroxyl groups is 2. The van der Waals surface area contributed by atoms with Crippen LogP contribution in [0.1, 0.15) is 41.5 Å². The highest BCUT2D eigenvalue weighted by atomic mass is 35.5. The lowest BCUT2D eigenvalue weighted by Crippen LogP contribution is -2.52. The molecule has 4 aromatic rings. The number of halogens is 3. The molecule has 4 heterocycles. The average molecular weight is 881 g/mol. The summed E-state index contributed by atoms with van der Waals surface area (Å²) in [7, 11) is 0. The molecule has 2 saturated heterocycles. The highest BCUT2D eigenvalue weighted by Crippen LogP contribution is 2.22. The zero-order valence-corrected chi connectivity index (χ0v) is 35.9. The molecule has 0 radical (unpaired) electrons. The maximum absolute atomic E-state index is 13.5. The zero-order chi connectivity index (χ0) is 45.1. The van der Waals surface area contributed by atoms with Crippen LogP contribution in [0.3, 0.4) is 0 Å². The molecule has 0 aliphatic carbocycles. The van der Waals surface area contributed by atoms with Gasteiger partial charge in [-0.15, -0.1) is 0 Å². The van der Waals surface area contributed by atoms with Crippen molar-refractivity contribution in [1.29, 1.82) is 0 Å². The molecule has 2 aromatic carbocycles. The smallest absolute Gasteiger partial charge is 0.441 e. The quantitative estimate of drug-likeness (QED) is 0.199. The second-order valence-electron chi connectivity index (χ2n) is 16.3. The minimum atomic E-state index is -0.802. The van der Waals surface area contributed by atoms with Crippen LogP contribution in [0.25, 0.3) is 21.9 Å². The van der Waals surface area contributed by atoms with Crippen LogP contribution in [0.4, 0.5) is 24.2 Å². The summed E-state index contributed by atoms with van der Waals surface area (Å²) in [5.74, 6) is -2.36. The number of rotatable bonds is 8. The van der Waals surface area contributed by atoms with E-state index in [1.807, 2.05) is 46.4 Å². The third-order valence-corrected chi connectivity index (χ3v) is 9.20. The number of amides is 2. The molecule has 0 spiro atoms. The van der Waals surface area contributed by atoms with Gasteiger partial charge in [0, 0.05) is 78.5 Å². The number of β-amino-alcohol motifs (C(OH)–C–C–N with tert-alkyl or cyclic N) is 2. The number of anilines is 1. The molecule has 21 heteroatoms. The van der Waals surface area contributed by atoms with Crippen molar-refractivity contribution >= 4 is 51.5 Å². The number of piperazine rings is 2. The molecule has 5 N–H and O–H groups in total. The normalized spacial score (nSPS) is 16.2. The van der Waals surface area contributed by atoms with E-state index >= 15 is 0 Å². The Morgan fingerprint density at radius 1 is 0.754 bits per heavy atom. The van der Waals surface area contributed by atoms with Gasteiger partial charge < -0.3 is 49.4 Å². The molecular weight excluding hydrogens is 826 g/mol. The Labute approximate surface area is 356 Å². The van der Waals surface area contributed by atoms with E-state index in [0.29, 0.717) is 63.1 Å². The van der Waals surface area contributed by atoms with Gasteiger partial charge in [-0.1, -0.05) is 11.6 Å². The lowest BCUT2D eigenvalue weighted by atomic mass is 10.2. The van der Waals surface area contributed by atoms with Crippen molar-refractivity contribution in [2.75, 3.05) is 83.9 Å². The van der Waals surface area contributed by atoms with E-state index in [9.17, 15) is 38.2 Å². The van der Waals surface area contributed by atoms with Gasteiger partial charge in [-0.05, 0) is 77.9 Å². The number of benzene rings is 2. The highest BCUT2D eigenvalue weighted by Gasteiger charge is 2.28. The predicted molar refractivity (Wildman–Crippen MR) is 224 cm³/mol. The minimum Gasteiger partial charge on any atom is -0.444 e. The maximum atomic E-state index is 13.5. The van der Waals surface area contributed by atoms with E-state index in [2.05, 4.69) is 24.6 Å². The number of nitrogens with one attached hydrogen (secondary N) is 1. The number of nitrogens with two attached hydrogens (primary N) is 1. The molecule has 0 bridgehead atoms. The largest absolute Gasteiger partial charge is 0.444 e. The summed E-state index contributed by atoms with van der Waals surface area (Å²) >= 11 is 5.60. The molecule has 2 aliphatic heterocycles. The van der Waals surface area contributed by atoms with Gasteiger partial charge in [0.2, 0.25) is 0 Å². The maximum Gasteiger partial charge on any atom is 0.441 e. The van der Waals surface area contributed by atoms with Gasteiger partial charge in [-0.2, -0.15) is 9.97 Å². The van der Waals surface area contributed by atoms with Crippen LogP contribution < -0.4 is 22.6 Å². The number of ether oxygens (including phenoxy) is 2. The second kappa shape index (κ2) is 21.7. The Balaban J connectivity index is 0.000000223. The Hall–Kier alpha value is -4.99. The lowest BCUT2D eigenvalue weighted by Gasteiger charge is -2.36. The summed E-state index contributed by atoms with van der Waals surface area (Å²) in [5.41, 5.74) is 4.83. The third kappa shape index (κ3) is 16.1. The van der Waals surface area contributed by atoms with E-state index < -0.39 is 46.6 Å². The Morgan fingerprint density at radius 2 is 1.18 bits per heavy atom. The van der Waals surface area contributed by atoms with Crippen LogP contribution in [0.15, 0.2) is 54.8 Å². The fourth-order valence-electron chi connectivity index (χ4n) is 6.02. The molecule has 2 aromatic heterocycles. The number of nitrogens with zero attached hydrogens (tertiary/aromatic N) is 6. The number of fused-ring (bicyclic) bond motifs is 2. The van der Waals surface area contributed by atoms with Crippen LogP contribution >= 0.6 is 11.6 Å². The van der Waals surface area contributed by atoms with Gasteiger partial charge in [0.25, 0.3) is 0 Å². The van der Waals surface area contributed by atoms with Gasteiger partial charge in [-0.3, -0.25) is 9.80 Å². The number of carbonyl (C=O) groups is 2. The van der Waals surface area contributed by atoms with E-state index in [-0.39, 0.29) is 47.4 Å². The van der Waals surface area contributed by atoms with Crippen LogP contribution in [-0.2, 0) is 9.47 Å². The summed E-state index contributed by atoms with van der Waals surface area (Å²) in [6.45, 7) is 17.4. The predicted octanol–water partition coefficient (Wildman–Crippen LogP) is 3.49. The van der Waals surface area contributed by atoms with Crippen molar-refractivity contribution < 1.29 is 46.9 Å². The molecule has 2 fully saturated rings. The van der Waals surface area contributed by atoms with E-state index in [1.54, 1.807) is 9.80 Å². The first kappa shape index (κ1) is 48.7. The van der Waals surface area contributed by atoms with E-state index in [0.717, 1.165) is 19.2 Å². The topological polar surface area (TPSA) is 230 Å². The van der Waals surface area contributed by atoms with Crippen molar-refractivity contribution in [3.8, 4) is 0 Å². The number of carbonyl (C=O) groups excluding carboxylic acids is 2. The first-order valence-corrected chi connectivity index (χ1v) is 20.0. The standard InChI is InChI=1S/C20H27FN4O5.C12H25N3O3.C8H3ClFNO2/c1-20(2,3)30-19(28)25-8-6-24(7-9-25)12-14(26)11-22-17-15-10-13(21)4-5-16(15)29-18(27)23-17;1-12(2,3)18-11(17)15-6-4-14(5-7-15)9-10(16)8-13;9-7-5-3-4(10)1-2-6(5)13-8(12)11-7/h4-5,10,14,26H,6-9,11-12H2,1-3H3,(H,22,23,27);10,16H,4-9,13H2,1-3H3;1-3H. The fourth-order valence-corrected chi connectivity index (χ4v) is 6.23. The second-order valence-corrected chi connectivity index (χ2v) is 16.7. The highest BCUT2D eigenvalue weighted by molar-refractivity contribution is 6.33. The van der Waals surface area contributed by atoms with Crippen LogP contribution in [-0.4, -0.2) is 154 Å². The first-order chi connectivity index (χ1) is 28.6. The molecule has 18 nitrogen and oxygen atoms in total. The van der Waals surface area contributed by atoms with Crippen molar-refractivity contribution in [3.05, 3.63) is 74.3 Å². The zero-order valence-electron chi connectivity index (χ0n) is 35.2. The van der Waals surface area contributed by atoms with Crippen LogP contribution in [0.2, 0.25) is 5.15 Å². The molecule has 2 aliphatic rings. The molecule has 2 unspecified atom stereocenters. The summed E-state index contributed by atoms with van der Waals surface area (Å²) in [6, 6.07) is 7.45. The Morgan fingerprint density at radius 3 is 1.64 bits per heavy atom. The molecule has 0 saturated carbocycles. The monoisotopic (exact) mass is 880 g/mol. The molecule has 336 valence electrons. The van der Waals surface area contributed by atoms with Crippen LogP contribution in [0.5, 0.6) is 0 Å². The number of aliphatic hydroxyl groups excluding tert-OH is 2. The van der Waals surface area contributed by atoms with Crippen molar-refractivity contribution in [3.63, 3.8) is 0 Å². The van der Waals surface area contributed by atoms with Gasteiger partial charge in [0.1, 0.15) is 45.0 Å². The Bertz CT molecular complexity index is 2200. The summed E-state index contributed by atoms with van der Waals surface area (Å²) in [6.07, 6.45) is -1.84. The van der Waals surface area contributed by atoms with E-state index in [4.69, 9.17) is 31.2 Å².